The van der Waals surface area contributed by atoms with Crippen LogP contribution in [0.3, 0.4) is 0 Å². The highest BCUT2D eigenvalue weighted by molar-refractivity contribution is 7.99. The van der Waals surface area contributed by atoms with Gasteiger partial charge in [0.25, 0.3) is 0 Å². The average Bonchev–Trinajstić information content (AvgIpc) is 2.11. The number of aliphatic carboxylic acids is 1. The van der Waals surface area contributed by atoms with Crippen LogP contribution in [0.2, 0.25) is 0 Å². The normalized spacial score (nSPS) is 12.2. The summed E-state index contributed by atoms with van der Waals surface area (Å²) < 4.78 is 0. The number of nitrogens with two attached hydrogens (primary N) is 1. The summed E-state index contributed by atoms with van der Waals surface area (Å²) in [5.41, 5.74) is 5.28. The number of carbonyl (C=O) groups excluding carboxylic acids is 1. The second-order valence-corrected chi connectivity index (χ2v) is 4.21. The molecule has 0 aliphatic rings. The van der Waals surface area contributed by atoms with Gasteiger partial charge in [-0.2, -0.15) is 11.8 Å². The molecule has 1 amide bonds. The molecule has 0 spiro atoms. The summed E-state index contributed by atoms with van der Waals surface area (Å²) in [5.74, 6) is -0.00792. The Kier molecular flexibility index (Phi) is 6.31. The van der Waals surface area contributed by atoms with Gasteiger partial charge >= 0.3 is 5.97 Å². The molecule has 1 atom stereocenters. The number of hydrogen-bond donors (Lipinski definition) is 2. The lowest BCUT2D eigenvalue weighted by Gasteiger charge is -2.10. The van der Waals surface area contributed by atoms with Gasteiger partial charge < -0.3 is 15.7 Å². The topological polar surface area (TPSA) is 83.6 Å². The van der Waals surface area contributed by atoms with Crippen molar-refractivity contribution in [2.45, 2.75) is 12.5 Å². The molecule has 14 heavy (non-hydrogen) atoms. The van der Waals surface area contributed by atoms with Gasteiger partial charge in [-0.1, -0.05) is 0 Å². The summed E-state index contributed by atoms with van der Waals surface area (Å²) in [4.78, 5) is 22.9. The van der Waals surface area contributed by atoms with Crippen LogP contribution in [0.25, 0.3) is 0 Å². The minimum atomic E-state index is -1.00. The van der Waals surface area contributed by atoms with Crippen molar-refractivity contribution in [3.63, 3.8) is 0 Å². The van der Waals surface area contributed by atoms with Gasteiger partial charge in [-0.05, 0) is 0 Å². The molecule has 0 aliphatic heterocycles. The van der Waals surface area contributed by atoms with Gasteiger partial charge in [0.1, 0.15) is 6.04 Å². The fraction of sp³-hybridized carbons (Fsp3) is 0.750. The molecule has 6 heteroatoms. The van der Waals surface area contributed by atoms with E-state index in [0.717, 1.165) is 0 Å². The Morgan fingerprint density at radius 3 is 2.50 bits per heavy atom. The lowest BCUT2D eigenvalue weighted by molar-refractivity contribution is -0.137. The molecule has 0 aromatic rings. The van der Waals surface area contributed by atoms with Crippen molar-refractivity contribution in [1.82, 2.24) is 4.90 Å². The molecule has 0 radical (unpaired) electrons. The average molecular weight is 220 g/mol. The molecule has 0 heterocycles. The van der Waals surface area contributed by atoms with Crippen LogP contribution < -0.4 is 5.73 Å². The van der Waals surface area contributed by atoms with E-state index in [2.05, 4.69) is 0 Å². The standard InChI is InChI=1S/C8H16N2O3S/c1-10(2)7(11)3-4-14-5-6(9)8(12)13/h6H,3-5,9H2,1-2H3,(H,12,13)/t6-/m0/s1. The van der Waals surface area contributed by atoms with Crippen molar-refractivity contribution < 1.29 is 14.7 Å². The van der Waals surface area contributed by atoms with Crippen LogP contribution in [-0.2, 0) is 9.59 Å². The summed E-state index contributed by atoms with van der Waals surface area (Å²) in [6, 6.07) is -0.838. The van der Waals surface area contributed by atoms with Crippen molar-refractivity contribution in [1.29, 1.82) is 0 Å². The third-order valence-electron chi connectivity index (χ3n) is 1.57. The second kappa shape index (κ2) is 6.67. The third kappa shape index (κ3) is 5.82. The molecule has 0 fully saturated rings. The molecule has 0 saturated heterocycles. The Morgan fingerprint density at radius 1 is 1.50 bits per heavy atom. The molecule has 0 aromatic carbocycles. The number of rotatable bonds is 6. The molecule has 0 aliphatic carbocycles. The minimum Gasteiger partial charge on any atom is -0.480 e. The molecule has 0 aromatic heterocycles. The molecule has 0 bridgehead atoms. The van der Waals surface area contributed by atoms with E-state index in [1.54, 1.807) is 14.1 Å². The highest BCUT2D eigenvalue weighted by Gasteiger charge is 2.11. The van der Waals surface area contributed by atoms with E-state index in [-0.39, 0.29) is 5.91 Å². The predicted molar refractivity (Wildman–Crippen MR) is 56.2 cm³/mol. The second-order valence-electron chi connectivity index (χ2n) is 3.06. The van der Waals surface area contributed by atoms with E-state index in [9.17, 15) is 9.59 Å². The Bertz CT molecular complexity index is 209. The number of carbonyl (C=O) groups is 2. The van der Waals surface area contributed by atoms with Crippen LogP contribution in [-0.4, -0.2) is 53.5 Å². The fourth-order valence-electron chi connectivity index (χ4n) is 0.665. The fourth-order valence-corrected chi connectivity index (χ4v) is 1.55. The summed E-state index contributed by atoms with van der Waals surface area (Å²) in [7, 11) is 3.38. The van der Waals surface area contributed by atoms with Crippen LogP contribution in [0.5, 0.6) is 0 Å². The smallest absolute Gasteiger partial charge is 0.321 e. The minimum absolute atomic E-state index is 0.0430. The molecular weight excluding hydrogens is 204 g/mol. The molecule has 3 N–H and O–H groups in total. The van der Waals surface area contributed by atoms with Crippen LogP contribution in [0.4, 0.5) is 0 Å². The van der Waals surface area contributed by atoms with Crippen LogP contribution in [0.15, 0.2) is 0 Å². The van der Waals surface area contributed by atoms with Gasteiger partial charge in [-0.15, -0.1) is 0 Å². The summed E-state index contributed by atoms with van der Waals surface area (Å²) in [6.07, 6.45) is 0.421. The van der Waals surface area contributed by atoms with E-state index in [0.29, 0.717) is 17.9 Å². The lowest BCUT2D eigenvalue weighted by Crippen LogP contribution is -2.32. The first-order chi connectivity index (χ1) is 6.45. The monoisotopic (exact) mass is 220 g/mol. The van der Waals surface area contributed by atoms with Crippen molar-refractivity contribution in [3.05, 3.63) is 0 Å². The highest BCUT2D eigenvalue weighted by Crippen LogP contribution is 2.05. The Morgan fingerprint density at radius 2 is 2.07 bits per heavy atom. The number of carboxylic acid groups (broad SMARTS) is 1. The quantitative estimate of drug-likeness (QED) is 0.596. The Labute approximate surface area is 87.6 Å². The van der Waals surface area contributed by atoms with Crippen molar-refractivity contribution in [2.75, 3.05) is 25.6 Å². The number of amides is 1. The van der Waals surface area contributed by atoms with E-state index >= 15 is 0 Å². The first-order valence-electron chi connectivity index (χ1n) is 4.21. The van der Waals surface area contributed by atoms with Crippen molar-refractivity contribution >= 4 is 23.6 Å². The van der Waals surface area contributed by atoms with Gasteiger partial charge in [0.15, 0.2) is 0 Å². The van der Waals surface area contributed by atoms with Gasteiger partial charge in [-0.3, -0.25) is 9.59 Å². The maximum atomic E-state index is 11.1. The SMILES string of the molecule is CN(C)C(=O)CCSC[C@H](N)C(=O)O. The van der Waals surface area contributed by atoms with Crippen LogP contribution in [0.1, 0.15) is 6.42 Å². The predicted octanol–water partition coefficient (Wildman–Crippen LogP) is -0.390. The first kappa shape index (κ1) is 13.2. The summed E-state index contributed by atoms with van der Waals surface area (Å²) in [5, 5.41) is 8.47. The molecule has 5 nitrogen and oxygen atoms in total. The van der Waals surface area contributed by atoms with E-state index in [4.69, 9.17) is 10.8 Å². The van der Waals surface area contributed by atoms with Gasteiger partial charge in [0.2, 0.25) is 5.91 Å². The Balaban J connectivity index is 3.47. The van der Waals surface area contributed by atoms with E-state index < -0.39 is 12.0 Å². The summed E-state index contributed by atoms with van der Waals surface area (Å²) >= 11 is 1.38. The van der Waals surface area contributed by atoms with Crippen molar-refractivity contribution in [3.8, 4) is 0 Å². The van der Waals surface area contributed by atoms with Gasteiger partial charge in [-0.25, -0.2) is 0 Å². The summed E-state index contributed by atoms with van der Waals surface area (Å²) in [6.45, 7) is 0. The van der Waals surface area contributed by atoms with E-state index in [1.807, 2.05) is 0 Å². The van der Waals surface area contributed by atoms with Crippen LogP contribution >= 0.6 is 11.8 Å². The zero-order chi connectivity index (χ0) is 11.1. The Hall–Kier alpha value is -0.750. The van der Waals surface area contributed by atoms with Gasteiger partial charge in [0, 0.05) is 32.0 Å². The largest absolute Gasteiger partial charge is 0.480 e. The highest BCUT2D eigenvalue weighted by atomic mass is 32.2. The molecule has 0 saturated carbocycles. The number of nitrogens with zero attached hydrogens (tertiary/aromatic N) is 1. The lowest BCUT2D eigenvalue weighted by atomic mass is 10.4. The van der Waals surface area contributed by atoms with Crippen molar-refractivity contribution in [2.24, 2.45) is 5.73 Å². The number of hydrogen-bond acceptors (Lipinski definition) is 4. The van der Waals surface area contributed by atoms with Gasteiger partial charge in [0.05, 0.1) is 0 Å². The maximum Gasteiger partial charge on any atom is 0.321 e. The molecular formula is C8H16N2O3S. The third-order valence-corrected chi connectivity index (χ3v) is 2.66. The number of carboxylic acids is 1. The van der Waals surface area contributed by atoms with Crippen LogP contribution in [0, 0.1) is 0 Å². The molecule has 0 unspecified atom stereocenters. The molecule has 0 rings (SSSR count). The zero-order valence-corrected chi connectivity index (χ0v) is 9.21. The van der Waals surface area contributed by atoms with E-state index in [1.165, 1.54) is 16.7 Å². The molecule has 82 valence electrons. The maximum absolute atomic E-state index is 11.1. The number of thioether (sulfide) groups is 1. The first-order valence-corrected chi connectivity index (χ1v) is 5.37. The zero-order valence-electron chi connectivity index (χ0n) is 8.40.